The van der Waals surface area contributed by atoms with Crippen LogP contribution in [-0.4, -0.2) is 57.1 Å². The minimum Gasteiger partial charge on any atom is -0.468 e. The summed E-state index contributed by atoms with van der Waals surface area (Å²) in [7, 11) is -1.15. The van der Waals surface area contributed by atoms with Crippen LogP contribution in [0.5, 0.6) is 0 Å². The van der Waals surface area contributed by atoms with Gasteiger partial charge in [-0.1, -0.05) is 0 Å². The molecule has 108 valence electrons. The smallest absolute Gasteiger partial charge is 0.211 e. The molecule has 19 heavy (non-hydrogen) atoms. The predicted molar refractivity (Wildman–Crippen MR) is 73.2 cm³/mol. The predicted octanol–water partition coefficient (Wildman–Crippen LogP) is 0.0762. The van der Waals surface area contributed by atoms with E-state index in [1.54, 1.807) is 6.26 Å². The van der Waals surface area contributed by atoms with Gasteiger partial charge in [0, 0.05) is 38.3 Å². The third-order valence-corrected chi connectivity index (χ3v) is 4.57. The van der Waals surface area contributed by atoms with Crippen molar-refractivity contribution in [3.05, 3.63) is 23.7 Å². The maximum Gasteiger partial charge on any atom is 0.211 e. The van der Waals surface area contributed by atoms with Gasteiger partial charge in [0.05, 0.1) is 19.1 Å². The highest BCUT2D eigenvalue weighted by molar-refractivity contribution is 7.88. The molecule has 0 radical (unpaired) electrons. The van der Waals surface area contributed by atoms with Crippen LogP contribution in [0, 0.1) is 0 Å². The molecule has 1 fully saturated rings. The number of hydrogen-bond donors (Lipinski definition) is 1. The molecule has 0 aromatic carbocycles. The van der Waals surface area contributed by atoms with Crippen LogP contribution in [0.3, 0.4) is 0 Å². The van der Waals surface area contributed by atoms with Crippen molar-refractivity contribution in [1.29, 1.82) is 0 Å². The van der Waals surface area contributed by atoms with Gasteiger partial charge >= 0.3 is 0 Å². The Bertz CT molecular complexity index is 504. The molecule has 1 aliphatic heterocycles. The number of piperazine rings is 1. The van der Waals surface area contributed by atoms with E-state index >= 15 is 0 Å². The van der Waals surface area contributed by atoms with Crippen molar-refractivity contribution in [1.82, 2.24) is 14.5 Å². The van der Waals surface area contributed by atoms with Crippen molar-refractivity contribution < 1.29 is 12.8 Å². The van der Waals surface area contributed by atoms with E-state index in [2.05, 4.69) is 10.2 Å². The third-order valence-electron chi connectivity index (χ3n) is 3.27. The number of nitrogens with one attached hydrogen (secondary N) is 1. The normalized spacial score (nSPS) is 18.8. The van der Waals surface area contributed by atoms with Crippen molar-refractivity contribution in [2.24, 2.45) is 0 Å². The summed E-state index contributed by atoms with van der Waals surface area (Å²) in [5.74, 6) is 0.929. The summed E-state index contributed by atoms with van der Waals surface area (Å²) in [6.07, 6.45) is 3.03. The second kappa shape index (κ2) is 6.04. The first-order valence-electron chi connectivity index (χ1n) is 6.37. The molecule has 1 N–H and O–H groups in total. The molecular formula is C12H21N3O3S. The molecule has 0 unspecified atom stereocenters. The van der Waals surface area contributed by atoms with Gasteiger partial charge in [-0.3, -0.25) is 4.90 Å². The topological polar surface area (TPSA) is 65.8 Å². The summed E-state index contributed by atoms with van der Waals surface area (Å²) in [5, 5.41) is 3.08. The molecule has 6 nitrogen and oxygen atoms in total. The Kier molecular flexibility index (Phi) is 4.62. The fourth-order valence-corrected chi connectivity index (χ4v) is 3.07. The Morgan fingerprint density at radius 1 is 1.32 bits per heavy atom. The van der Waals surface area contributed by atoms with E-state index in [1.807, 2.05) is 13.1 Å². The van der Waals surface area contributed by atoms with Crippen molar-refractivity contribution >= 4 is 10.0 Å². The lowest BCUT2D eigenvalue weighted by molar-refractivity contribution is 0.171. The van der Waals surface area contributed by atoms with Crippen LogP contribution in [0.2, 0.25) is 0 Å². The van der Waals surface area contributed by atoms with Gasteiger partial charge in [0.15, 0.2) is 0 Å². The van der Waals surface area contributed by atoms with Crippen LogP contribution in [0.15, 0.2) is 16.7 Å². The van der Waals surface area contributed by atoms with Gasteiger partial charge in [-0.05, 0) is 13.1 Å². The summed E-state index contributed by atoms with van der Waals surface area (Å²) >= 11 is 0. The fourth-order valence-electron chi connectivity index (χ4n) is 2.25. The van der Waals surface area contributed by atoms with Crippen LogP contribution in [-0.2, 0) is 23.1 Å². The standard InChI is InChI=1S/C12H21N3O3S/c1-13-8-11-7-12(18-10-11)9-14-3-5-15(6-4-14)19(2,16)17/h7,10,13H,3-6,8-9H2,1-2H3. The number of sulfonamides is 1. The highest BCUT2D eigenvalue weighted by atomic mass is 32.2. The van der Waals surface area contributed by atoms with Crippen LogP contribution in [0.4, 0.5) is 0 Å². The zero-order valence-corrected chi connectivity index (χ0v) is 12.2. The molecule has 0 amide bonds. The monoisotopic (exact) mass is 287 g/mol. The van der Waals surface area contributed by atoms with Gasteiger partial charge in [-0.2, -0.15) is 4.31 Å². The Morgan fingerprint density at radius 3 is 2.58 bits per heavy atom. The average molecular weight is 287 g/mol. The van der Waals surface area contributed by atoms with Gasteiger partial charge in [0.2, 0.25) is 10.0 Å². The van der Waals surface area contributed by atoms with E-state index in [4.69, 9.17) is 4.42 Å². The highest BCUT2D eigenvalue weighted by Crippen LogP contribution is 2.13. The summed E-state index contributed by atoms with van der Waals surface area (Å²) in [6.45, 7) is 4.14. The molecule has 1 saturated heterocycles. The largest absolute Gasteiger partial charge is 0.468 e. The SMILES string of the molecule is CNCc1coc(CN2CCN(S(C)(=O)=O)CC2)c1. The highest BCUT2D eigenvalue weighted by Gasteiger charge is 2.23. The van der Waals surface area contributed by atoms with Gasteiger partial charge in [-0.25, -0.2) is 8.42 Å². The van der Waals surface area contributed by atoms with E-state index in [0.29, 0.717) is 13.1 Å². The third kappa shape index (κ3) is 4.04. The van der Waals surface area contributed by atoms with E-state index in [1.165, 1.54) is 10.6 Å². The maximum atomic E-state index is 11.4. The lowest BCUT2D eigenvalue weighted by Crippen LogP contribution is -2.47. The summed E-state index contributed by atoms with van der Waals surface area (Å²) in [5.41, 5.74) is 1.13. The van der Waals surface area contributed by atoms with Crippen molar-refractivity contribution in [3.63, 3.8) is 0 Å². The molecule has 0 atom stereocenters. The van der Waals surface area contributed by atoms with Gasteiger partial charge in [-0.15, -0.1) is 0 Å². The Labute approximate surface area is 114 Å². The zero-order valence-electron chi connectivity index (χ0n) is 11.4. The maximum absolute atomic E-state index is 11.4. The molecule has 1 aromatic heterocycles. The van der Waals surface area contributed by atoms with Crippen LogP contribution < -0.4 is 5.32 Å². The molecule has 0 bridgehead atoms. The van der Waals surface area contributed by atoms with Gasteiger partial charge in [0.1, 0.15) is 5.76 Å². The molecule has 7 heteroatoms. The first-order chi connectivity index (χ1) is 8.99. The van der Waals surface area contributed by atoms with Crippen LogP contribution in [0.25, 0.3) is 0 Å². The summed E-state index contributed by atoms with van der Waals surface area (Å²) < 4.78 is 29.8. The quantitative estimate of drug-likeness (QED) is 0.830. The van der Waals surface area contributed by atoms with Gasteiger partial charge in [0.25, 0.3) is 0 Å². The minimum atomic E-state index is -3.05. The zero-order chi connectivity index (χ0) is 13.9. The second-order valence-corrected chi connectivity index (χ2v) is 6.87. The van der Waals surface area contributed by atoms with Crippen molar-refractivity contribution in [3.8, 4) is 0 Å². The van der Waals surface area contributed by atoms with Gasteiger partial charge < -0.3 is 9.73 Å². The lowest BCUT2D eigenvalue weighted by Gasteiger charge is -2.32. The lowest BCUT2D eigenvalue weighted by atomic mass is 10.3. The number of nitrogens with zero attached hydrogens (tertiary/aromatic N) is 2. The van der Waals surface area contributed by atoms with Crippen molar-refractivity contribution in [2.45, 2.75) is 13.1 Å². The molecule has 0 spiro atoms. The fraction of sp³-hybridized carbons (Fsp3) is 0.667. The molecule has 2 rings (SSSR count). The summed E-state index contributed by atoms with van der Waals surface area (Å²) in [6, 6.07) is 2.04. The Balaban J connectivity index is 1.85. The number of furan rings is 1. The Hall–Kier alpha value is -0.890. The summed E-state index contributed by atoms with van der Waals surface area (Å²) in [4.78, 5) is 2.21. The Morgan fingerprint density at radius 2 is 2.00 bits per heavy atom. The molecule has 0 saturated carbocycles. The first-order valence-corrected chi connectivity index (χ1v) is 8.22. The molecular weight excluding hydrogens is 266 g/mol. The molecule has 2 heterocycles. The van der Waals surface area contributed by atoms with Crippen LogP contribution in [0.1, 0.15) is 11.3 Å². The van der Waals surface area contributed by atoms with E-state index in [9.17, 15) is 8.42 Å². The molecule has 1 aromatic rings. The number of rotatable bonds is 5. The molecule has 1 aliphatic rings. The second-order valence-electron chi connectivity index (χ2n) is 4.89. The van der Waals surface area contributed by atoms with Crippen molar-refractivity contribution in [2.75, 3.05) is 39.5 Å². The minimum absolute atomic E-state index is 0.558. The van der Waals surface area contributed by atoms with E-state index < -0.39 is 10.0 Å². The van der Waals surface area contributed by atoms with E-state index in [0.717, 1.165) is 37.5 Å². The average Bonchev–Trinajstić information content (AvgIpc) is 2.77. The van der Waals surface area contributed by atoms with Crippen LogP contribution >= 0.6 is 0 Å². The molecule has 0 aliphatic carbocycles. The van der Waals surface area contributed by atoms with E-state index in [-0.39, 0.29) is 0 Å². The first kappa shape index (κ1) is 14.5. The number of hydrogen-bond acceptors (Lipinski definition) is 5.